The van der Waals surface area contributed by atoms with E-state index < -0.39 is 6.09 Å². The van der Waals surface area contributed by atoms with Crippen molar-refractivity contribution in [2.24, 2.45) is 0 Å². The Morgan fingerprint density at radius 1 is 1.07 bits per heavy atom. The fraction of sp³-hybridized carbons (Fsp3) is 0.286. The van der Waals surface area contributed by atoms with Crippen molar-refractivity contribution >= 4 is 6.09 Å². The third-order valence-corrected chi connectivity index (χ3v) is 4.72. The molecular formula is C21H21N3O3. The van der Waals surface area contributed by atoms with E-state index in [0.29, 0.717) is 11.6 Å². The van der Waals surface area contributed by atoms with Crippen LogP contribution >= 0.6 is 0 Å². The third-order valence-electron chi connectivity index (χ3n) is 4.72. The third kappa shape index (κ3) is 4.34. The van der Waals surface area contributed by atoms with Crippen molar-refractivity contribution < 1.29 is 13.9 Å². The molecule has 2 aromatic heterocycles. The molecule has 0 saturated heterocycles. The highest BCUT2D eigenvalue weighted by Gasteiger charge is 2.17. The Labute approximate surface area is 157 Å². The van der Waals surface area contributed by atoms with Gasteiger partial charge in [0.25, 0.3) is 0 Å². The Morgan fingerprint density at radius 3 is 2.74 bits per heavy atom. The van der Waals surface area contributed by atoms with Gasteiger partial charge in [0.2, 0.25) is 5.89 Å². The molecule has 2 heterocycles. The van der Waals surface area contributed by atoms with Crippen molar-refractivity contribution in [2.45, 2.75) is 38.1 Å². The average molecular weight is 363 g/mol. The van der Waals surface area contributed by atoms with Gasteiger partial charge in [-0.25, -0.2) is 9.78 Å². The molecule has 1 aliphatic rings. The van der Waals surface area contributed by atoms with Gasteiger partial charge in [-0.3, -0.25) is 4.98 Å². The molecule has 3 aromatic rings. The zero-order valence-electron chi connectivity index (χ0n) is 14.9. The van der Waals surface area contributed by atoms with Gasteiger partial charge in [0.05, 0.1) is 11.8 Å². The molecule has 1 saturated carbocycles. The van der Waals surface area contributed by atoms with Gasteiger partial charge in [0, 0.05) is 24.0 Å². The second-order valence-corrected chi connectivity index (χ2v) is 6.70. The summed E-state index contributed by atoms with van der Waals surface area (Å²) in [5, 5.41) is 2.96. The first kappa shape index (κ1) is 17.3. The van der Waals surface area contributed by atoms with Gasteiger partial charge in [-0.05, 0) is 36.6 Å². The maximum atomic E-state index is 12.2. The molecule has 0 unspecified atom stereocenters. The van der Waals surface area contributed by atoms with Crippen molar-refractivity contribution in [3.8, 4) is 28.3 Å². The van der Waals surface area contributed by atoms with Gasteiger partial charge in [-0.15, -0.1) is 0 Å². The lowest BCUT2D eigenvalue weighted by Crippen LogP contribution is -2.37. The summed E-state index contributed by atoms with van der Waals surface area (Å²) in [6.07, 6.45) is 11.8. The highest BCUT2D eigenvalue weighted by molar-refractivity contribution is 5.73. The van der Waals surface area contributed by atoms with Crippen LogP contribution in [0.3, 0.4) is 0 Å². The molecule has 1 aromatic carbocycles. The van der Waals surface area contributed by atoms with E-state index in [1.54, 1.807) is 24.7 Å². The minimum absolute atomic E-state index is 0.219. The maximum Gasteiger partial charge on any atom is 0.412 e. The molecule has 1 N–H and O–H groups in total. The van der Waals surface area contributed by atoms with E-state index in [1.807, 2.05) is 24.3 Å². The smallest absolute Gasteiger partial charge is 0.412 e. The fourth-order valence-corrected chi connectivity index (χ4v) is 3.37. The minimum Gasteiger partial charge on any atom is -0.444 e. The van der Waals surface area contributed by atoms with E-state index >= 15 is 0 Å². The number of carbonyl (C=O) groups is 1. The fourth-order valence-electron chi connectivity index (χ4n) is 3.37. The number of nitrogens with zero attached hydrogens (tertiary/aromatic N) is 2. The van der Waals surface area contributed by atoms with Gasteiger partial charge >= 0.3 is 6.09 Å². The summed E-state index contributed by atoms with van der Waals surface area (Å²) >= 11 is 0. The molecule has 4 rings (SSSR count). The monoisotopic (exact) mass is 363 g/mol. The zero-order valence-corrected chi connectivity index (χ0v) is 14.9. The maximum absolute atomic E-state index is 12.2. The Hall–Kier alpha value is -3.15. The highest BCUT2D eigenvalue weighted by atomic mass is 16.6. The van der Waals surface area contributed by atoms with E-state index in [9.17, 15) is 4.79 Å². The predicted molar refractivity (Wildman–Crippen MR) is 101 cm³/mol. The van der Waals surface area contributed by atoms with Gasteiger partial charge in [-0.1, -0.05) is 31.4 Å². The van der Waals surface area contributed by atoms with Crippen LogP contribution in [0, 0.1) is 0 Å². The normalized spacial score (nSPS) is 14.7. The van der Waals surface area contributed by atoms with Crippen LogP contribution in [0.15, 0.2) is 59.6 Å². The van der Waals surface area contributed by atoms with Crippen molar-refractivity contribution in [1.82, 2.24) is 15.3 Å². The van der Waals surface area contributed by atoms with Crippen molar-refractivity contribution in [3.63, 3.8) is 0 Å². The molecule has 1 aliphatic carbocycles. The zero-order chi connectivity index (χ0) is 18.5. The Kier molecular flexibility index (Phi) is 5.14. The summed E-state index contributed by atoms with van der Waals surface area (Å²) < 4.78 is 10.8. The van der Waals surface area contributed by atoms with Crippen LogP contribution in [0.1, 0.15) is 32.1 Å². The van der Waals surface area contributed by atoms with Crippen LogP contribution in [0.4, 0.5) is 4.79 Å². The summed E-state index contributed by atoms with van der Waals surface area (Å²) in [6, 6.07) is 9.57. The molecule has 0 bridgehead atoms. The Morgan fingerprint density at radius 2 is 1.93 bits per heavy atom. The standard InChI is InChI=1S/C21H21N3O3/c25-21(24-18-6-2-1-3-7-18)27-19-8-4-5-15(12-19)16-11-17(14-22-13-16)20-23-9-10-26-20/h4-5,8-14,18H,1-3,6-7H2,(H,24,25). The molecule has 27 heavy (non-hydrogen) atoms. The summed E-state index contributed by atoms with van der Waals surface area (Å²) in [5.41, 5.74) is 2.58. The molecule has 6 nitrogen and oxygen atoms in total. The topological polar surface area (TPSA) is 77.2 Å². The molecule has 0 aliphatic heterocycles. The number of benzene rings is 1. The van der Waals surface area contributed by atoms with E-state index in [1.165, 1.54) is 12.7 Å². The first-order valence-corrected chi connectivity index (χ1v) is 9.21. The highest BCUT2D eigenvalue weighted by Crippen LogP contribution is 2.27. The number of aromatic nitrogens is 2. The largest absolute Gasteiger partial charge is 0.444 e. The second-order valence-electron chi connectivity index (χ2n) is 6.70. The van der Waals surface area contributed by atoms with Crippen molar-refractivity contribution in [3.05, 3.63) is 55.2 Å². The molecule has 0 atom stereocenters. The number of amides is 1. The van der Waals surface area contributed by atoms with E-state index in [0.717, 1.165) is 42.4 Å². The summed E-state index contributed by atoms with van der Waals surface area (Å²) in [5.74, 6) is 1.02. The summed E-state index contributed by atoms with van der Waals surface area (Å²) in [4.78, 5) is 20.6. The SMILES string of the molecule is O=C(NC1CCCCC1)Oc1cccc(-c2cncc(-c3ncco3)c2)c1. The second kappa shape index (κ2) is 8.03. The summed E-state index contributed by atoms with van der Waals surface area (Å²) in [6.45, 7) is 0. The average Bonchev–Trinajstić information content (AvgIpc) is 3.24. The number of hydrogen-bond acceptors (Lipinski definition) is 5. The Balaban J connectivity index is 1.47. The number of ether oxygens (including phenoxy) is 1. The quantitative estimate of drug-likeness (QED) is 0.719. The van der Waals surface area contributed by atoms with Crippen molar-refractivity contribution in [2.75, 3.05) is 0 Å². The molecule has 0 spiro atoms. The number of carbonyl (C=O) groups excluding carboxylic acids is 1. The molecule has 1 fully saturated rings. The van der Waals surface area contributed by atoms with Gasteiger partial charge < -0.3 is 14.5 Å². The predicted octanol–water partition coefficient (Wildman–Crippen LogP) is 4.82. The van der Waals surface area contributed by atoms with Crippen LogP contribution in [-0.4, -0.2) is 22.1 Å². The summed E-state index contributed by atoms with van der Waals surface area (Å²) in [7, 11) is 0. The van der Waals surface area contributed by atoms with E-state index in [2.05, 4.69) is 15.3 Å². The van der Waals surface area contributed by atoms with Crippen molar-refractivity contribution in [1.29, 1.82) is 0 Å². The number of pyridine rings is 1. The minimum atomic E-state index is -0.397. The van der Waals surface area contributed by atoms with Crippen LogP contribution < -0.4 is 10.1 Å². The first-order valence-electron chi connectivity index (χ1n) is 9.21. The number of oxazole rings is 1. The van der Waals surface area contributed by atoms with Crippen LogP contribution in [-0.2, 0) is 0 Å². The molecule has 0 radical (unpaired) electrons. The van der Waals surface area contributed by atoms with Crippen LogP contribution in [0.5, 0.6) is 5.75 Å². The number of hydrogen-bond donors (Lipinski definition) is 1. The molecule has 6 heteroatoms. The number of nitrogens with one attached hydrogen (secondary N) is 1. The molecule has 138 valence electrons. The molecular weight excluding hydrogens is 342 g/mol. The molecule has 1 amide bonds. The first-order chi connectivity index (χ1) is 13.3. The van der Waals surface area contributed by atoms with Gasteiger partial charge in [0.1, 0.15) is 12.0 Å². The van der Waals surface area contributed by atoms with Gasteiger partial charge in [-0.2, -0.15) is 0 Å². The lowest BCUT2D eigenvalue weighted by atomic mass is 9.96. The van der Waals surface area contributed by atoms with Gasteiger partial charge in [0.15, 0.2) is 0 Å². The Bertz CT molecular complexity index is 903. The van der Waals surface area contributed by atoms with E-state index in [4.69, 9.17) is 9.15 Å². The van der Waals surface area contributed by atoms with E-state index in [-0.39, 0.29) is 6.04 Å². The lowest BCUT2D eigenvalue weighted by Gasteiger charge is -2.22. The lowest BCUT2D eigenvalue weighted by molar-refractivity contribution is 0.192. The number of rotatable bonds is 4. The van der Waals surface area contributed by atoms with Crippen LogP contribution in [0.25, 0.3) is 22.6 Å². The van der Waals surface area contributed by atoms with Crippen LogP contribution in [0.2, 0.25) is 0 Å².